The van der Waals surface area contributed by atoms with Crippen LogP contribution in [0, 0.1) is 6.92 Å². The first-order chi connectivity index (χ1) is 8.15. The Morgan fingerprint density at radius 2 is 2.18 bits per heavy atom. The third-order valence-electron chi connectivity index (χ3n) is 2.20. The second-order valence-corrected chi connectivity index (χ2v) is 4.97. The molecule has 0 fully saturated rings. The molecule has 2 aromatic rings. The van der Waals surface area contributed by atoms with Crippen molar-refractivity contribution < 1.29 is 0 Å². The van der Waals surface area contributed by atoms with Crippen molar-refractivity contribution in [2.24, 2.45) is 0 Å². The fourth-order valence-electron chi connectivity index (χ4n) is 1.34. The summed E-state index contributed by atoms with van der Waals surface area (Å²) in [5.41, 5.74) is 8.40. The van der Waals surface area contributed by atoms with Crippen LogP contribution in [0.25, 0.3) is 0 Å². The van der Waals surface area contributed by atoms with Crippen LogP contribution < -0.4 is 5.73 Å². The van der Waals surface area contributed by atoms with E-state index in [2.05, 4.69) is 9.97 Å². The topological polar surface area (TPSA) is 51.8 Å². The van der Waals surface area contributed by atoms with Crippen molar-refractivity contribution in [3.05, 3.63) is 46.7 Å². The number of aromatic nitrogens is 2. The highest BCUT2D eigenvalue weighted by Crippen LogP contribution is 2.26. The molecule has 0 spiro atoms. The molecule has 0 aliphatic carbocycles. The molecule has 0 amide bonds. The highest BCUT2D eigenvalue weighted by molar-refractivity contribution is 7.98. The van der Waals surface area contributed by atoms with Gasteiger partial charge < -0.3 is 5.73 Å². The van der Waals surface area contributed by atoms with Gasteiger partial charge in [-0.2, -0.15) is 0 Å². The molecule has 2 N–H and O–H groups in total. The van der Waals surface area contributed by atoms with Gasteiger partial charge in [0.25, 0.3) is 0 Å². The Balaban J connectivity index is 2.09. The van der Waals surface area contributed by atoms with E-state index in [1.54, 1.807) is 24.0 Å². The van der Waals surface area contributed by atoms with Crippen LogP contribution in [0.1, 0.15) is 11.3 Å². The summed E-state index contributed by atoms with van der Waals surface area (Å²) in [6, 6.07) is 7.35. The Morgan fingerprint density at radius 3 is 2.94 bits per heavy atom. The van der Waals surface area contributed by atoms with Crippen molar-refractivity contribution in [1.82, 2.24) is 9.97 Å². The molecular weight excluding hydrogens is 254 g/mol. The van der Waals surface area contributed by atoms with Crippen LogP contribution in [0.5, 0.6) is 0 Å². The molecular formula is C12H12ClN3S. The van der Waals surface area contributed by atoms with Crippen molar-refractivity contribution in [3.63, 3.8) is 0 Å². The third-order valence-corrected chi connectivity index (χ3v) is 3.48. The molecule has 17 heavy (non-hydrogen) atoms. The Hall–Kier alpha value is -1.26. The lowest BCUT2D eigenvalue weighted by Crippen LogP contribution is -1.91. The van der Waals surface area contributed by atoms with Gasteiger partial charge in [-0.15, -0.1) is 0 Å². The van der Waals surface area contributed by atoms with Crippen molar-refractivity contribution in [2.45, 2.75) is 17.8 Å². The van der Waals surface area contributed by atoms with E-state index in [4.69, 9.17) is 17.3 Å². The van der Waals surface area contributed by atoms with Gasteiger partial charge in [0, 0.05) is 28.4 Å². The van der Waals surface area contributed by atoms with Crippen LogP contribution >= 0.6 is 23.4 Å². The van der Waals surface area contributed by atoms with Crippen molar-refractivity contribution in [2.75, 3.05) is 5.73 Å². The second kappa shape index (κ2) is 5.38. The zero-order valence-electron chi connectivity index (χ0n) is 9.35. The summed E-state index contributed by atoms with van der Waals surface area (Å²) in [4.78, 5) is 8.50. The molecule has 0 saturated carbocycles. The van der Waals surface area contributed by atoms with E-state index < -0.39 is 0 Å². The van der Waals surface area contributed by atoms with Crippen molar-refractivity contribution in [3.8, 4) is 0 Å². The average molecular weight is 266 g/mol. The molecule has 0 bridgehead atoms. The van der Waals surface area contributed by atoms with Gasteiger partial charge in [-0.1, -0.05) is 23.4 Å². The molecule has 0 atom stereocenters. The molecule has 0 radical (unpaired) electrons. The number of nitrogens with zero attached hydrogens (tertiary/aromatic N) is 2. The molecule has 0 saturated heterocycles. The van der Waals surface area contributed by atoms with Crippen molar-refractivity contribution >= 4 is 29.1 Å². The van der Waals surface area contributed by atoms with Gasteiger partial charge in [0.05, 0.1) is 0 Å². The Kier molecular flexibility index (Phi) is 3.86. The van der Waals surface area contributed by atoms with E-state index in [0.717, 1.165) is 27.1 Å². The molecule has 2 rings (SSSR count). The van der Waals surface area contributed by atoms with Gasteiger partial charge in [-0.05, 0) is 36.8 Å². The quantitative estimate of drug-likeness (QED) is 0.526. The van der Waals surface area contributed by atoms with Crippen LogP contribution in [0.2, 0.25) is 5.02 Å². The second-order valence-electron chi connectivity index (χ2n) is 3.62. The zero-order valence-corrected chi connectivity index (χ0v) is 10.9. The molecule has 88 valence electrons. The van der Waals surface area contributed by atoms with Crippen LogP contribution in [0.4, 0.5) is 5.69 Å². The van der Waals surface area contributed by atoms with Crippen LogP contribution in [-0.4, -0.2) is 9.97 Å². The first-order valence-corrected chi connectivity index (χ1v) is 6.48. The Labute approximate surface area is 109 Å². The number of nitrogen functional groups attached to an aromatic ring is 1. The molecule has 3 nitrogen and oxygen atoms in total. The summed E-state index contributed by atoms with van der Waals surface area (Å²) in [6.45, 7) is 1.94. The summed E-state index contributed by atoms with van der Waals surface area (Å²) in [7, 11) is 0. The lowest BCUT2D eigenvalue weighted by molar-refractivity contribution is 0.932. The standard InChI is InChI=1S/C12H12ClN3S/c1-8-4-5-15-12(16-8)17-7-9-6-10(14)2-3-11(9)13/h2-6H,7,14H2,1H3. The van der Waals surface area contributed by atoms with Gasteiger partial charge in [0.1, 0.15) is 0 Å². The fraction of sp³-hybridized carbons (Fsp3) is 0.167. The maximum Gasteiger partial charge on any atom is 0.188 e. The lowest BCUT2D eigenvalue weighted by Gasteiger charge is -2.04. The van der Waals surface area contributed by atoms with Gasteiger partial charge in [0.2, 0.25) is 0 Å². The smallest absolute Gasteiger partial charge is 0.188 e. The maximum absolute atomic E-state index is 6.08. The number of halogens is 1. The summed E-state index contributed by atoms with van der Waals surface area (Å²) < 4.78 is 0. The van der Waals surface area contributed by atoms with E-state index in [-0.39, 0.29) is 0 Å². The van der Waals surface area contributed by atoms with E-state index in [1.165, 1.54) is 0 Å². The predicted molar refractivity (Wildman–Crippen MR) is 72.2 cm³/mol. The largest absolute Gasteiger partial charge is 0.399 e. The maximum atomic E-state index is 6.08. The number of thioether (sulfide) groups is 1. The summed E-state index contributed by atoms with van der Waals surface area (Å²) in [5, 5.41) is 1.47. The van der Waals surface area contributed by atoms with E-state index in [0.29, 0.717) is 5.75 Å². The van der Waals surface area contributed by atoms with Crippen LogP contribution in [0.3, 0.4) is 0 Å². The highest BCUT2D eigenvalue weighted by atomic mass is 35.5. The zero-order chi connectivity index (χ0) is 12.3. The number of rotatable bonds is 3. The number of hydrogen-bond acceptors (Lipinski definition) is 4. The first kappa shape index (κ1) is 12.2. The molecule has 1 aromatic heterocycles. The number of nitrogens with two attached hydrogens (primary N) is 1. The van der Waals surface area contributed by atoms with Crippen LogP contribution in [-0.2, 0) is 5.75 Å². The van der Waals surface area contributed by atoms with E-state index in [9.17, 15) is 0 Å². The molecule has 5 heteroatoms. The lowest BCUT2D eigenvalue weighted by atomic mass is 10.2. The third kappa shape index (κ3) is 3.35. The predicted octanol–water partition coefficient (Wildman–Crippen LogP) is 3.31. The van der Waals surface area contributed by atoms with E-state index >= 15 is 0 Å². The van der Waals surface area contributed by atoms with Gasteiger partial charge in [-0.3, -0.25) is 0 Å². The van der Waals surface area contributed by atoms with Gasteiger partial charge in [0.15, 0.2) is 5.16 Å². The molecule has 0 unspecified atom stereocenters. The van der Waals surface area contributed by atoms with E-state index in [1.807, 2.05) is 25.1 Å². The molecule has 1 heterocycles. The minimum Gasteiger partial charge on any atom is -0.399 e. The van der Waals surface area contributed by atoms with Crippen molar-refractivity contribution in [1.29, 1.82) is 0 Å². The highest BCUT2D eigenvalue weighted by Gasteiger charge is 2.04. The number of benzene rings is 1. The number of aryl methyl sites for hydroxylation is 1. The summed E-state index contributed by atoms with van der Waals surface area (Å²) in [6.07, 6.45) is 1.76. The van der Waals surface area contributed by atoms with Gasteiger partial charge >= 0.3 is 0 Å². The first-order valence-electron chi connectivity index (χ1n) is 5.11. The fourth-order valence-corrected chi connectivity index (χ4v) is 2.47. The van der Waals surface area contributed by atoms with Crippen LogP contribution in [0.15, 0.2) is 35.6 Å². The molecule has 0 aliphatic rings. The molecule has 1 aromatic carbocycles. The SMILES string of the molecule is Cc1ccnc(SCc2cc(N)ccc2Cl)n1. The number of anilines is 1. The Bertz CT molecular complexity index is 531. The minimum atomic E-state index is 0.716. The number of hydrogen-bond donors (Lipinski definition) is 1. The monoisotopic (exact) mass is 265 g/mol. The average Bonchev–Trinajstić information content (AvgIpc) is 2.30. The summed E-state index contributed by atoms with van der Waals surface area (Å²) >= 11 is 7.63. The van der Waals surface area contributed by atoms with Gasteiger partial charge in [-0.25, -0.2) is 9.97 Å². The molecule has 0 aliphatic heterocycles. The Morgan fingerprint density at radius 1 is 1.35 bits per heavy atom. The normalized spacial score (nSPS) is 10.5. The minimum absolute atomic E-state index is 0.716. The summed E-state index contributed by atoms with van der Waals surface area (Å²) in [5.74, 6) is 0.716.